The van der Waals surface area contributed by atoms with E-state index in [9.17, 15) is 9.59 Å². The first kappa shape index (κ1) is 22.5. The molecular weight excluding hydrogens is 364 g/mol. The summed E-state index contributed by atoms with van der Waals surface area (Å²) in [5.41, 5.74) is 2.35. The highest BCUT2D eigenvalue weighted by molar-refractivity contribution is 5.88. The monoisotopic (exact) mass is 396 g/mol. The van der Waals surface area contributed by atoms with Crippen LogP contribution in [0.3, 0.4) is 0 Å². The molecule has 0 aliphatic heterocycles. The molecule has 0 bridgehead atoms. The molecule has 0 saturated heterocycles. The third-order valence-electron chi connectivity index (χ3n) is 4.92. The van der Waals surface area contributed by atoms with Crippen LogP contribution in [0.4, 0.5) is 0 Å². The van der Waals surface area contributed by atoms with E-state index in [4.69, 9.17) is 4.74 Å². The van der Waals surface area contributed by atoms with Crippen molar-refractivity contribution in [1.29, 1.82) is 0 Å². The Labute approximate surface area is 174 Å². The van der Waals surface area contributed by atoms with Crippen molar-refractivity contribution in [2.45, 2.75) is 46.1 Å². The molecule has 2 rings (SSSR count). The van der Waals surface area contributed by atoms with Gasteiger partial charge in [0.2, 0.25) is 5.91 Å². The van der Waals surface area contributed by atoms with Crippen LogP contribution in [0.5, 0.6) is 5.75 Å². The molecule has 0 heterocycles. The van der Waals surface area contributed by atoms with Crippen LogP contribution in [-0.2, 0) is 22.4 Å². The second-order valence-electron chi connectivity index (χ2n) is 6.93. The summed E-state index contributed by atoms with van der Waals surface area (Å²) < 4.78 is 5.71. The molecule has 0 aromatic heterocycles. The number of aryl methyl sites for hydroxylation is 1. The van der Waals surface area contributed by atoms with E-state index in [0.717, 1.165) is 12.0 Å². The van der Waals surface area contributed by atoms with Gasteiger partial charge in [-0.1, -0.05) is 56.3 Å². The highest BCUT2D eigenvalue weighted by Crippen LogP contribution is 2.14. The third-order valence-corrected chi connectivity index (χ3v) is 4.92. The molecule has 0 saturated carbocycles. The normalized spacial score (nSPS) is 11.6. The average molecular weight is 397 g/mol. The first-order valence-corrected chi connectivity index (χ1v) is 10.4. The Morgan fingerprint density at radius 3 is 2.24 bits per heavy atom. The van der Waals surface area contributed by atoms with Gasteiger partial charge in [0.15, 0.2) is 6.61 Å². The fourth-order valence-electron chi connectivity index (χ4n) is 3.24. The highest BCUT2D eigenvalue weighted by Gasteiger charge is 2.28. The number of hydrogen-bond donors (Lipinski definition) is 1. The zero-order valence-corrected chi connectivity index (χ0v) is 17.7. The Morgan fingerprint density at radius 1 is 0.966 bits per heavy atom. The summed E-state index contributed by atoms with van der Waals surface area (Å²) in [7, 11) is 0. The molecule has 5 heteroatoms. The van der Waals surface area contributed by atoms with E-state index in [1.807, 2.05) is 68.4 Å². The lowest BCUT2D eigenvalue weighted by atomic mass is 10.1. The number of benzene rings is 2. The number of carbonyl (C=O) groups is 2. The quantitative estimate of drug-likeness (QED) is 0.631. The highest BCUT2D eigenvalue weighted by atomic mass is 16.5. The van der Waals surface area contributed by atoms with Gasteiger partial charge in [-0.15, -0.1) is 0 Å². The van der Waals surface area contributed by atoms with E-state index in [2.05, 4.69) is 12.2 Å². The Morgan fingerprint density at radius 2 is 1.66 bits per heavy atom. The largest absolute Gasteiger partial charge is 0.484 e. The van der Waals surface area contributed by atoms with Crippen LogP contribution >= 0.6 is 0 Å². The van der Waals surface area contributed by atoms with Gasteiger partial charge in [0, 0.05) is 13.1 Å². The standard InChI is InChI=1S/C24H32N2O3/c1-4-19-12-14-21(15-13-19)29-18-23(27)26(22(5-2)24(28)25-6-3)17-16-20-10-8-7-9-11-20/h7-15,22H,4-6,16-18H2,1-3H3,(H,25,28)/t22-/m0/s1. The summed E-state index contributed by atoms with van der Waals surface area (Å²) in [4.78, 5) is 27.2. The second kappa shape index (κ2) is 11.9. The first-order chi connectivity index (χ1) is 14.1. The van der Waals surface area contributed by atoms with Gasteiger partial charge in [-0.3, -0.25) is 9.59 Å². The molecule has 2 aromatic carbocycles. The molecule has 0 unspecified atom stereocenters. The number of ether oxygens (including phenoxy) is 1. The fraction of sp³-hybridized carbons (Fsp3) is 0.417. The van der Waals surface area contributed by atoms with Crippen molar-refractivity contribution in [2.75, 3.05) is 19.7 Å². The van der Waals surface area contributed by atoms with Crippen molar-refractivity contribution in [3.8, 4) is 5.75 Å². The maximum Gasteiger partial charge on any atom is 0.261 e. The molecule has 0 aliphatic rings. The molecule has 5 nitrogen and oxygen atoms in total. The van der Waals surface area contributed by atoms with Gasteiger partial charge in [-0.25, -0.2) is 0 Å². The van der Waals surface area contributed by atoms with Crippen LogP contribution in [-0.4, -0.2) is 42.5 Å². The molecule has 0 spiro atoms. The van der Waals surface area contributed by atoms with Crippen molar-refractivity contribution >= 4 is 11.8 Å². The van der Waals surface area contributed by atoms with Crippen LogP contribution in [0.15, 0.2) is 54.6 Å². The van der Waals surface area contributed by atoms with Gasteiger partial charge in [-0.2, -0.15) is 0 Å². The van der Waals surface area contributed by atoms with Crippen LogP contribution in [0, 0.1) is 0 Å². The van der Waals surface area contributed by atoms with E-state index in [0.29, 0.717) is 31.7 Å². The van der Waals surface area contributed by atoms with E-state index in [1.165, 1.54) is 5.56 Å². The lowest BCUT2D eigenvalue weighted by Crippen LogP contribution is -2.51. The fourth-order valence-corrected chi connectivity index (χ4v) is 3.24. The molecule has 0 fully saturated rings. The van der Waals surface area contributed by atoms with E-state index >= 15 is 0 Å². The number of hydrogen-bond acceptors (Lipinski definition) is 3. The van der Waals surface area contributed by atoms with Gasteiger partial charge in [0.05, 0.1) is 0 Å². The first-order valence-electron chi connectivity index (χ1n) is 10.4. The van der Waals surface area contributed by atoms with Gasteiger partial charge < -0.3 is 15.0 Å². The molecule has 2 aromatic rings. The van der Waals surface area contributed by atoms with Crippen molar-refractivity contribution in [2.24, 2.45) is 0 Å². The smallest absolute Gasteiger partial charge is 0.261 e. The minimum absolute atomic E-state index is 0.0871. The number of nitrogens with zero attached hydrogens (tertiary/aromatic N) is 1. The molecule has 1 atom stereocenters. The van der Waals surface area contributed by atoms with Crippen LogP contribution in [0.25, 0.3) is 0 Å². The SMILES string of the molecule is CCNC(=O)[C@H](CC)N(CCc1ccccc1)C(=O)COc1ccc(CC)cc1. The Hall–Kier alpha value is -2.82. The topological polar surface area (TPSA) is 58.6 Å². The van der Waals surface area contributed by atoms with Crippen LogP contribution in [0.1, 0.15) is 38.3 Å². The zero-order chi connectivity index (χ0) is 21.1. The van der Waals surface area contributed by atoms with Gasteiger partial charge >= 0.3 is 0 Å². The van der Waals surface area contributed by atoms with Crippen LogP contribution in [0.2, 0.25) is 0 Å². The molecule has 156 valence electrons. The summed E-state index contributed by atoms with van der Waals surface area (Å²) in [5.74, 6) is 0.354. The third kappa shape index (κ3) is 6.93. The second-order valence-corrected chi connectivity index (χ2v) is 6.93. The zero-order valence-electron chi connectivity index (χ0n) is 17.7. The Bertz CT molecular complexity index is 759. The van der Waals surface area contributed by atoms with Crippen molar-refractivity contribution in [1.82, 2.24) is 10.2 Å². The van der Waals surface area contributed by atoms with Gasteiger partial charge in [0.25, 0.3) is 5.91 Å². The molecule has 29 heavy (non-hydrogen) atoms. The van der Waals surface area contributed by atoms with E-state index < -0.39 is 6.04 Å². The lowest BCUT2D eigenvalue weighted by molar-refractivity contribution is -0.142. The molecule has 1 N–H and O–H groups in total. The number of rotatable bonds is 11. The molecule has 0 aliphatic carbocycles. The molecule has 0 radical (unpaired) electrons. The summed E-state index contributed by atoms with van der Waals surface area (Å²) in [6, 6.07) is 17.2. The number of amides is 2. The maximum absolute atomic E-state index is 13.0. The van der Waals surface area contributed by atoms with Crippen LogP contribution < -0.4 is 10.1 Å². The van der Waals surface area contributed by atoms with E-state index in [1.54, 1.807) is 4.90 Å². The summed E-state index contributed by atoms with van der Waals surface area (Å²) in [5, 5.41) is 2.84. The summed E-state index contributed by atoms with van der Waals surface area (Å²) >= 11 is 0. The summed E-state index contributed by atoms with van der Waals surface area (Å²) in [6.45, 7) is 6.82. The Balaban J connectivity index is 2.08. The minimum atomic E-state index is -0.503. The predicted octanol–water partition coefficient (Wildman–Crippen LogP) is 3.61. The summed E-state index contributed by atoms with van der Waals surface area (Å²) in [6.07, 6.45) is 2.20. The number of likely N-dealkylation sites (N-methyl/N-ethyl adjacent to an activating group) is 1. The van der Waals surface area contributed by atoms with Crippen molar-refractivity contribution in [3.63, 3.8) is 0 Å². The molecule has 2 amide bonds. The van der Waals surface area contributed by atoms with Crippen molar-refractivity contribution < 1.29 is 14.3 Å². The lowest BCUT2D eigenvalue weighted by Gasteiger charge is -2.30. The number of carbonyl (C=O) groups excluding carboxylic acids is 2. The van der Waals surface area contributed by atoms with Gasteiger partial charge in [-0.05, 0) is 49.4 Å². The Kier molecular flexibility index (Phi) is 9.22. The molecular formula is C24H32N2O3. The van der Waals surface area contributed by atoms with Gasteiger partial charge in [0.1, 0.15) is 11.8 Å². The van der Waals surface area contributed by atoms with E-state index in [-0.39, 0.29) is 18.4 Å². The maximum atomic E-state index is 13.0. The average Bonchev–Trinajstić information content (AvgIpc) is 2.76. The van der Waals surface area contributed by atoms with Crippen molar-refractivity contribution in [3.05, 3.63) is 65.7 Å². The number of nitrogens with one attached hydrogen (secondary N) is 1. The minimum Gasteiger partial charge on any atom is -0.484 e. The predicted molar refractivity (Wildman–Crippen MR) is 116 cm³/mol.